The van der Waals surface area contributed by atoms with Gasteiger partial charge < -0.3 is 10.2 Å². The van der Waals surface area contributed by atoms with Crippen LogP contribution in [-0.4, -0.2) is 30.6 Å². The molecular formula is C17H22ClN3O2. The van der Waals surface area contributed by atoms with Crippen molar-refractivity contribution in [3.8, 4) is 0 Å². The van der Waals surface area contributed by atoms with Gasteiger partial charge in [0.05, 0.1) is 18.2 Å². The van der Waals surface area contributed by atoms with Crippen LogP contribution in [0.4, 0.5) is 0 Å². The minimum atomic E-state index is -1.07. The minimum Gasteiger partial charge on any atom is -0.388 e. The van der Waals surface area contributed by atoms with Crippen LogP contribution in [0, 0.1) is 11.3 Å². The van der Waals surface area contributed by atoms with E-state index in [4.69, 9.17) is 11.6 Å². The maximum Gasteiger partial charge on any atom is 0.137 e. The molecule has 1 aliphatic rings. The van der Waals surface area contributed by atoms with Gasteiger partial charge in [-0.1, -0.05) is 37.6 Å². The van der Waals surface area contributed by atoms with Gasteiger partial charge in [0.1, 0.15) is 12.7 Å². The minimum absolute atomic E-state index is 0.275. The van der Waals surface area contributed by atoms with E-state index in [1.165, 1.54) is 6.33 Å². The molecule has 2 aromatic rings. The molecule has 0 bridgehead atoms. The Morgan fingerprint density at radius 3 is 2.65 bits per heavy atom. The second kappa shape index (κ2) is 5.89. The number of nitrogens with zero attached hydrogens (tertiary/aromatic N) is 3. The lowest BCUT2D eigenvalue weighted by molar-refractivity contribution is -0.121. The zero-order valence-electron chi connectivity index (χ0n) is 13.4. The summed E-state index contributed by atoms with van der Waals surface area (Å²) in [7, 11) is 0. The highest BCUT2D eigenvalue weighted by molar-refractivity contribution is 6.30. The monoisotopic (exact) mass is 335 g/mol. The molecule has 0 amide bonds. The fourth-order valence-electron chi connectivity index (χ4n) is 3.68. The van der Waals surface area contributed by atoms with Gasteiger partial charge >= 0.3 is 0 Å². The lowest BCUT2D eigenvalue weighted by atomic mass is 9.71. The average Bonchev–Trinajstić information content (AvgIpc) is 3.07. The van der Waals surface area contributed by atoms with Gasteiger partial charge in [0.25, 0.3) is 0 Å². The summed E-state index contributed by atoms with van der Waals surface area (Å²) < 4.78 is 1.63. The number of hydrogen-bond acceptors (Lipinski definition) is 4. The fraction of sp³-hybridized carbons (Fsp3) is 0.529. The molecule has 1 aromatic carbocycles. The number of halogens is 1. The Labute approximate surface area is 140 Å². The quantitative estimate of drug-likeness (QED) is 0.901. The molecule has 5 nitrogen and oxygen atoms in total. The van der Waals surface area contributed by atoms with Crippen LogP contribution >= 0.6 is 11.6 Å². The van der Waals surface area contributed by atoms with Crippen molar-refractivity contribution < 1.29 is 10.2 Å². The molecule has 23 heavy (non-hydrogen) atoms. The molecule has 0 spiro atoms. The van der Waals surface area contributed by atoms with E-state index < -0.39 is 11.7 Å². The first-order valence-electron chi connectivity index (χ1n) is 7.82. The number of aliphatic hydroxyl groups excluding tert-OH is 1. The second-order valence-corrected chi connectivity index (χ2v) is 7.48. The summed E-state index contributed by atoms with van der Waals surface area (Å²) in [6.45, 7) is 4.40. The first-order chi connectivity index (χ1) is 10.8. The third-order valence-electron chi connectivity index (χ3n) is 5.33. The van der Waals surface area contributed by atoms with Gasteiger partial charge in [0.2, 0.25) is 0 Å². The SMILES string of the molecule is CC1(C)CCC([C@H](O)c2ccc(Cl)cc2)[C@@]1(O)Cn1cncn1. The van der Waals surface area contributed by atoms with Crippen LogP contribution in [0.3, 0.4) is 0 Å². The smallest absolute Gasteiger partial charge is 0.137 e. The average molecular weight is 336 g/mol. The standard InChI is InChI=1S/C17H22ClN3O2/c1-16(2)8-7-14(15(22)12-3-5-13(18)6-4-12)17(16,23)9-21-11-19-10-20-21/h3-6,10-11,14-15,22-23H,7-9H2,1-2H3/t14?,15-,17+/m1/s1. The van der Waals surface area contributed by atoms with Crippen LogP contribution in [0.15, 0.2) is 36.9 Å². The van der Waals surface area contributed by atoms with Gasteiger partial charge in [-0.25, -0.2) is 4.98 Å². The van der Waals surface area contributed by atoms with E-state index in [1.54, 1.807) is 23.1 Å². The number of hydrogen-bond donors (Lipinski definition) is 2. The molecule has 1 unspecified atom stereocenters. The van der Waals surface area contributed by atoms with Crippen molar-refractivity contribution >= 4 is 11.6 Å². The van der Waals surface area contributed by atoms with Crippen molar-refractivity contribution in [3.63, 3.8) is 0 Å². The van der Waals surface area contributed by atoms with E-state index >= 15 is 0 Å². The van der Waals surface area contributed by atoms with Crippen LogP contribution in [0.25, 0.3) is 0 Å². The first kappa shape index (κ1) is 16.4. The molecule has 0 saturated heterocycles. The van der Waals surface area contributed by atoms with Gasteiger partial charge in [-0.2, -0.15) is 5.10 Å². The van der Waals surface area contributed by atoms with Crippen molar-refractivity contribution in [1.82, 2.24) is 14.8 Å². The van der Waals surface area contributed by atoms with Crippen molar-refractivity contribution in [3.05, 3.63) is 47.5 Å². The first-order valence-corrected chi connectivity index (χ1v) is 8.20. The molecule has 1 saturated carbocycles. The summed E-state index contributed by atoms with van der Waals surface area (Å²) >= 11 is 5.92. The maximum atomic E-state index is 11.5. The zero-order valence-corrected chi connectivity index (χ0v) is 14.1. The molecule has 1 aliphatic carbocycles. The topological polar surface area (TPSA) is 71.2 Å². The van der Waals surface area contributed by atoms with Gasteiger partial charge in [-0.3, -0.25) is 4.68 Å². The van der Waals surface area contributed by atoms with E-state index in [9.17, 15) is 10.2 Å². The van der Waals surface area contributed by atoms with E-state index in [1.807, 2.05) is 26.0 Å². The summed E-state index contributed by atoms with van der Waals surface area (Å²) in [5.41, 5.74) is -0.620. The molecular weight excluding hydrogens is 314 g/mol. The number of aliphatic hydroxyl groups is 2. The number of aromatic nitrogens is 3. The summed E-state index contributed by atoms with van der Waals surface area (Å²) in [5, 5.41) is 27.1. The summed E-state index contributed by atoms with van der Waals surface area (Å²) in [6, 6.07) is 7.15. The Balaban J connectivity index is 1.91. The number of rotatable bonds is 4. The van der Waals surface area contributed by atoms with Gasteiger partial charge in [0, 0.05) is 10.9 Å². The van der Waals surface area contributed by atoms with Crippen LogP contribution in [0.1, 0.15) is 38.4 Å². The van der Waals surface area contributed by atoms with E-state index in [0.29, 0.717) is 11.6 Å². The Bertz CT molecular complexity index is 657. The maximum absolute atomic E-state index is 11.5. The van der Waals surface area contributed by atoms with Crippen LogP contribution in [-0.2, 0) is 6.54 Å². The molecule has 2 N–H and O–H groups in total. The highest BCUT2D eigenvalue weighted by Crippen LogP contribution is 2.54. The van der Waals surface area contributed by atoms with Gasteiger partial charge in [-0.15, -0.1) is 0 Å². The number of benzene rings is 1. The van der Waals surface area contributed by atoms with Crippen LogP contribution in [0.2, 0.25) is 5.02 Å². The van der Waals surface area contributed by atoms with E-state index in [-0.39, 0.29) is 11.3 Å². The summed E-state index contributed by atoms with van der Waals surface area (Å²) in [5.74, 6) is -0.275. The second-order valence-electron chi connectivity index (χ2n) is 7.04. The predicted molar refractivity (Wildman–Crippen MR) is 87.9 cm³/mol. The highest BCUT2D eigenvalue weighted by Gasteiger charge is 2.56. The highest BCUT2D eigenvalue weighted by atomic mass is 35.5. The van der Waals surface area contributed by atoms with Gasteiger partial charge in [0.15, 0.2) is 0 Å². The summed E-state index contributed by atoms with van der Waals surface area (Å²) in [6.07, 6.45) is 3.89. The predicted octanol–water partition coefficient (Wildman–Crippen LogP) is 2.83. The Kier molecular flexibility index (Phi) is 4.21. The molecule has 3 atom stereocenters. The third kappa shape index (κ3) is 2.89. The molecule has 0 radical (unpaired) electrons. The molecule has 0 aliphatic heterocycles. The Morgan fingerprint density at radius 2 is 2.04 bits per heavy atom. The largest absolute Gasteiger partial charge is 0.388 e. The van der Waals surface area contributed by atoms with Crippen LogP contribution in [0.5, 0.6) is 0 Å². The Hall–Kier alpha value is -1.43. The van der Waals surface area contributed by atoms with Crippen molar-refractivity contribution in [2.45, 2.75) is 44.9 Å². The van der Waals surface area contributed by atoms with Crippen LogP contribution < -0.4 is 0 Å². The molecule has 3 rings (SSSR count). The third-order valence-corrected chi connectivity index (χ3v) is 5.58. The zero-order chi connectivity index (χ0) is 16.7. The fourth-order valence-corrected chi connectivity index (χ4v) is 3.80. The normalized spacial score (nSPS) is 28.0. The summed E-state index contributed by atoms with van der Waals surface area (Å²) in [4.78, 5) is 3.94. The van der Waals surface area contributed by atoms with Gasteiger partial charge in [-0.05, 0) is 36.0 Å². The Morgan fingerprint density at radius 1 is 1.35 bits per heavy atom. The molecule has 124 valence electrons. The molecule has 1 aromatic heterocycles. The lowest BCUT2D eigenvalue weighted by Crippen LogP contribution is -2.50. The molecule has 1 heterocycles. The van der Waals surface area contributed by atoms with Crippen molar-refractivity contribution in [1.29, 1.82) is 0 Å². The van der Waals surface area contributed by atoms with E-state index in [2.05, 4.69) is 10.1 Å². The van der Waals surface area contributed by atoms with Crippen molar-refractivity contribution in [2.24, 2.45) is 11.3 Å². The lowest BCUT2D eigenvalue weighted by Gasteiger charge is -2.42. The molecule has 6 heteroatoms. The molecule has 1 fully saturated rings. The van der Waals surface area contributed by atoms with Crippen molar-refractivity contribution in [2.75, 3.05) is 0 Å². The van der Waals surface area contributed by atoms with E-state index in [0.717, 1.165) is 18.4 Å².